The van der Waals surface area contributed by atoms with Crippen molar-refractivity contribution in [3.05, 3.63) is 59.7 Å². The van der Waals surface area contributed by atoms with Gasteiger partial charge in [0, 0.05) is 11.3 Å². The highest BCUT2D eigenvalue weighted by atomic mass is 19.4. The molecule has 6 nitrogen and oxygen atoms in total. The van der Waals surface area contributed by atoms with E-state index in [2.05, 4.69) is 5.32 Å². The van der Waals surface area contributed by atoms with Gasteiger partial charge in [-0.25, -0.2) is 4.79 Å². The fraction of sp³-hybridized carbons (Fsp3) is 0.211. The van der Waals surface area contributed by atoms with Crippen LogP contribution in [0, 0.1) is 0 Å². The molecule has 0 fully saturated rings. The number of carbonyl (C=O) groups excluding carboxylic acids is 3. The summed E-state index contributed by atoms with van der Waals surface area (Å²) in [4.78, 5) is 34.4. The highest BCUT2D eigenvalue weighted by Crippen LogP contribution is 2.29. The van der Waals surface area contributed by atoms with E-state index in [1.165, 1.54) is 19.1 Å². The monoisotopic (exact) mass is 395 g/mol. The number of anilines is 1. The van der Waals surface area contributed by atoms with E-state index in [9.17, 15) is 27.6 Å². The number of esters is 1. The van der Waals surface area contributed by atoms with Gasteiger partial charge in [-0.2, -0.15) is 13.2 Å². The minimum absolute atomic E-state index is 0.106. The van der Waals surface area contributed by atoms with Crippen LogP contribution in [0.4, 0.5) is 18.9 Å². The van der Waals surface area contributed by atoms with Crippen LogP contribution in [-0.2, 0) is 20.5 Å². The second-order valence-corrected chi connectivity index (χ2v) is 5.65. The number of Topliss-reactive ketones (excluding diaryl/α,β-unsaturated/α-hetero) is 1. The molecular formula is C19H16F3NO5. The molecule has 28 heavy (non-hydrogen) atoms. The van der Waals surface area contributed by atoms with E-state index in [4.69, 9.17) is 9.47 Å². The molecule has 0 aromatic heterocycles. The van der Waals surface area contributed by atoms with Crippen LogP contribution in [0.3, 0.4) is 0 Å². The SMILES string of the molecule is CC(=O)c1ccc(OCC(=O)OCC(=O)Nc2ccc(C(F)(F)F)cc2)cc1. The molecule has 0 bridgehead atoms. The summed E-state index contributed by atoms with van der Waals surface area (Å²) in [5, 5.41) is 2.31. The van der Waals surface area contributed by atoms with Crippen LogP contribution in [0.5, 0.6) is 5.75 Å². The number of carbonyl (C=O) groups is 3. The average molecular weight is 395 g/mol. The minimum atomic E-state index is -4.47. The summed E-state index contributed by atoms with van der Waals surface area (Å²) < 4.78 is 47.3. The van der Waals surface area contributed by atoms with E-state index in [0.29, 0.717) is 11.3 Å². The highest BCUT2D eigenvalue weighted by molar-refractivity contribution is 5.94. The Morgan fingerprint density at radius 1 is 0.929 bits per heavy atom. The number of hydrogen-bond donors (Lipinski definition) is 1. The fourth-order valence-corrected chi connectivity index (χ4v) is 2.06. The Morgan fingerprint density at radius 2 is 1.54 bits per heavy atom. The maximum Gasteiger partial charge on any atom is 0.416 e. The molecule has 0 aliphatic carbocycles. The number of hydrogen-bond acceptors (Lipinski definition) is 5. The number of benzene rings is 2. The van der Waals surface area contributed by atoms with Gasteiger partial charge >= 0.3 is 12.1 Å². The van der Waals surface area contributed by atoms with Crippen molar-refractivity contribution in [3.8, 4) is 5.75 Å². The van der Waals surface area contributed by atoms with Crippen LogP contribution < -0.4 is 10.1 Å². The second-order valence-electron chi connectivity index (χ2n) is 5.65. The standard InChI is InChI=1S/C19H16F3NO5/c1-12(24)13-2-8-16(9-3-13)27-11-18(26)28-10-17(25)23-15-6-4-14(5-7-15)19(20,21)22/h2-9H,10-11H2,1H3,(H,23,25). The molecule has 9 heteroatoms. The summed E-state index contributed by atoms with van der Waals surface area (Å²) in [6, 6.07) is 9.95. The number of ketones is 1. The first-order valence-electron chi connectivity index (χ1n) is 8.01. The van der Waals surface area contributed by atoms with Gasteiger partial charge in [-0.3, -0.25) is 9.59 Å². The fourth-order valence-electron chi connectivity index (χ4n) is 2.06. The Labute approximate surface area is 158 Å². The van der Waals surface area contributed by atoms with Crippen molar-refractivity contribution in [3.63, 3.8) is 0 Å². The largest absolute Gasteiger partial charge is 0.482 e. The molecule has 0 aliphatic rings. The Balaban J connectivity index is 1.74. The quantitative estimate of drug-likeness (QED) is 0.574. The average Bonchev–Trinajstić information content (AvgIpc) is 2.64. The lowest BCUT2D eigenvalue weighted by Gasteiger charge is -2.09. The summed E-state index contributed by atoms with van der Waals surface area (Å²) in [5.41, 5.74) is -0.212. The van der Waals surface area contributed by atoms with Crippen molar-refractivity contribution in [2.24, 2.45) is 0 Å². The van der Waals surface area contributed by atoms with Crippen LogP contribution in [-0.4, -0.2) is 30.9 Å². The molecule has 0 spiro atoms. The van der Waals surface area contributed by atoms with Gasteiger partial charge in [0.15, 0.2) is 19.0 Å². The van der Waals surface area contributed by atoms with E-state index in [1.54, 1.807) is 12.1 Å². The number of amides is 1. The zero-order valence-corrected chi connectivity index (χ0v) is 14.7. The molecule has 2 rings (SSSR count). The van der Waals surface area contributed by atoms with E-state index < -0.39 is 36.8 Å². The molecule has 148 valence electrons. The summed E-state index contributed by atoms with van der Waals surface area (Å²) in [6.07, 6.45) is -4.47. The normalized spacial score (nSPS) is 10.9. The lowest BCUT2D eigenvalue weighted by Crippen LogP contribution is -2.23. The molecule has 1 amide bonds. The van der Waals surface area contributed by atoms with Gasteiger partial charge in [-0.05, 0) is 55.5 Å². The van der Waals surface area contributed by atoms with E-state index in [-0.39, 0.29) is 11.5 Å². The number of halogens is 3. The van der Waals surface area contributed by atoms with Gasteiger partial charge in [0.25, 0.3) is 5.91 Å². The molecule has 0 saturated heterocycles. The summed E-state index contributed by atoms with van der Waals surface area (Å²) >= 11 is 0. The van der Waals surface area contributed by atoms with Gasteiger partial charge in [0.05, 0.1) is 5.56 Å². The van der Waals surface area contributed by atoms with Crippen molar-refractivity contribution >= 4 is 23.3 Å². The van der Waals surface area contributed by atoms with Crippen LogP contribution in [0.1, 0.15) is 22.8 Å². The molecule has 2 aromatic carbocycles. The molecule has 0 atom stereocenters. The molecule has 0 aliphatic heterocycles. The van der Waals surface area contributed by atoms with Gasteiger partial charge in [0.2, 0.25) is 0 Å². The molecule has 0 saturated carbocycles. The van der Waals surface area contributed by atoms with Crippen LogP contribution in [0.2, 0.25) is 0 Å². The van der Waals surface area contributed by atoms with E-state index in [0.717, 1.165) is 24.3 Å². The van der Waals surface area contributed by atoms with Gasteiger partial charge in [-0.1, -0.05) is 0 Å². The molecule has 0 unspecified atom stereocenters. The van der Waals surface area contributed by atoms with Crippen molar-refractivity contribution in [1.82, 2.24) is 0 Å². The molecular weight excluding hydrogens is 379 g/mol. The summed E-state index contributed by atoms with van der Waals surface area (Å²) in [6.45, 7) is 0.350. The van der Waals surface area contributed by atoms with Crippen molar-refractivity contribution in [2.45, 2.75) is 13.1 Å². The summed E-state index contributed by atoms with van der Waals surface area (Å²) in [7, 11) is 0. The Kier molecular flexibility index (Phi) is 6.75. The second kappa shape index (κ2) is 9.03. The maximum atomic E-state index is 12.5. The number of rotatable bonds is 7. The third kappa shape index (κ3) is 6.42. The van der Waals surface area contributed by atoms with Gasteiger partial charge in [0.1, 0.15) is 5.75 Å². The topological polar surface area (TPSA) is 81.7 Å². The molecule has 0 radical (unpaired) electrons. The highest BCUT2D eigenvalue weighted by Gasteiger charge is 2.30. The third-order valence-electron chi connectivity index (χ3n) is 3.48. The summed E-state index contributed by atoms with van der Waals surface area (Å²) in [5.74, 6) is -1.28. The number of alkyl halides is 3. The van der Waals surface area contributed by atoms with E-state index in [1.807, 2.05) is 0 Å². The zero-order chi connectivity index (χ0) is 20.7. The van der Waals surface area contributed by atoms with E-state index >= 15 is 0 Å². The first-order chi connectivity index (χ1) is 13.1. The first-order valence-corrected chi connectivity index (χ1v) is 8.01. The van der Waals surface area contributed by atoms with Crippen molar-refractivity contribution in [2.75, 3.05) is 18.5 Å². The number of ether oxygens (including phenoxy) is 2. The Morgan fingerprint density at radius 3 is 2.07 bits per heavy atom. The van der Waals surface area contributed by atoms with Crippen molar-refractivity contribution < 1.29 is 37.0 Å². The Bertz CT molecular complexity index is 845. The maximum absolute atomic E-state index is 12.5. The third-order valence-corrected chi connectivity index (χ3v) is 3.48. The first kappa shape index (κ1) is 20.9. The van der Waals surface area contributed by atoms with Gasteiger partial charge in [-0.15, -0.1) is 0 Å². The predicted molar refractivity (Wildman–Crippen MR) is 93.0 cm³/mol. The molecule has 1 N–H and O–H groups in total. The lowest BCUT2D eigenvalue weighted by molar-refractivity contribution is -0.149. The van der Waals surface area contributed by atoms with Crippen molar-refractivity contribution in [1.29, 1.82) is 0 Å². The number of nitrogens with one attached hydrogen (secondary N) is 1. The predicted octanol–water partition coefficient (Wildman–Crippen LogP) is 3.47. The zero-order valence-electron chi connectivity index (χ0n) is 14.7. The smallest absolute Gasteiger partial charge is 0.416 e. The van der Waals surface area contributed by atoms with Crippen LogP contribution in [0.15, 0.2) is 48.5 Å². The van der Waals surface area contributed by atoms with Gasteiger partial charge < -0.3 is 14.8 Å². The Hall–Kier alpha value is -3.36. The minimum Gasteiger partial charge on any atom is -0.482 e. The lowest BCUT2D eigenvalue weighted by atomic mass is 10.1. The molecule has 2 aromatic rings. The molecule has 0 heterocycles. The van der Waals surface area contributed by atoms with Crippen LogP contribution >= 0.6 is 0 Å². The van der Waals surface area contributed by atoms with Crippen LogP contribution in [0.25, 0.3) is 0 Å².